The molecular formula is C23H23F3N4O4. The van der Waals surface area contributed by atoms with E-state index < -0.39 is 30.3 Å². The molecule has 0 radical (unpaired) electrons. The standard InChI is InChI=1S/C23H23F3N4O4/c1-12-7-16(22(31)27-2)17(24)10-15(12)20-18(9-14-11-29(23(32)33)5-6-34-14)30-4-3-13(21(25)26)8-19(30)28-20/h3-4,7-8,10,14,21H,5-6,9,11H2,1-2H3,(H,27,31)(H,32,33)/t14-/m0/s1. The van der Waals surface area contributed by atoms with E-state index in [-0.39, 0.29) is 42.9 Å². The first kappa shape index (κ1) is 23.6. The van der Waals surface area contributed by atoms with E-state index in [1.54, 1.807) is 11.3 Å². The van der Waals surface area contributed by atoms with Crippen LogP contribution in [0.2, 0.25) is 0 Å². The Morgan fingerprint density at radius 3 is 2.76 bits per heavy atom. The molecule has 2 N–H and O–H groups in total. The van der Waals surface area contributed by atoms with Crippen LogP contribution in [-0.4, -0.2) is 64.2 Å². The number of benzene rings is 1. The Balaban J connectivity index is 1.83. The van der Waals surface area contributed by atoms with Gasteiger partial charge in [-0.15, -0.1) is 0 Å². The molecule has 0 unspecified atom stereocenters. The lowest BCUT2D eigenvalue weighted by molar-refractivity contribution is -0.0214. The molecule has 4 rings (SSSR count). The molecule has 11 heteroatoms. The van der Waals surface area contributed by atoms with Gasteiger partial charge in [-0.2, -0.15) is 0 Å². The van der Waals surface area contributed by atoms with Crippen molar-refractivity contribution in [3.8, 4) is 11.3 Å². The van der Waals surface area contributed by atoms with E-state index in [0.29, 0.717) is 22.5 Å². The van der Waals surface area contributed by atoms with E-state index in [0.717, 1.165) is 0 Å². The lowest BCUT2D eigenvalue weighted by Gasteiger charge is -2.31. The Kier molecular flexibility index (Phi) is 6.47. The number of carbonyl (C=O) groups excluding carboxylic acids is 1. The fourth-order valence-corrected chi connectivity index (χ4v) is 4.14. The summed E-state index contributed by atoms with van der Waals surface area (Å²) in [6, 6.07) is 5.14. The third kappa shape index (κ3) is 4.43. The van der Waals surface area contributed by atoms with Crippen LogP contribution in [-0.2, 0) is 11.2 Å². The average Bonchev–Trinajstić information content (AvgIpc) is 3.17. The Bertz CT molecular complexity index is 1260. The van der Waals surface area contributed by atoms with E-state index in [1.807, 2.05) is 0 Å². The van der Waals surface area contributed by atoms with Gasteiger partial charge < -0.3 is 24.5 Å². The lowest BCUT2D eigenvalue weighted by Crippen LogP contribution is -2.45. The van der Waals surface area contributed by atoms with Crippen LogP contribution in [0.15, 0.2) is 30.5 Å². The largest absolute Gasteiger partial charge is 0.465 e. The van der Waals surface area contributed by atoms with Crippen molar-refractivity contribution in [2.75, 3.05) is 26.7 Å². The number of halogens is 3. The number of ether oxygens (including phenoxy) is 1. The summed E-state index contributed by atoms with van der Waals surface area (Å²) >= 11 is 0. The van der Waals surface area contributed by atoms with Gasteiger partial charge in [0.1, 0.15) is 11.5 Å². The van der Waals surface area contributed by atoms with E-state index in [4.69, 9.17) is 4.74 Å². The van der Waals surface area contributed by atoms with Gasteiger partial charge in [0.05, 0.1) is 36.2 Å². The number of amides is 2. The average molecular weight is 476 g/mol. The zero-order valence-electron chi connectivity index (χ0n) is 18.5. The molecule has 2 aromatic heterocycles. The number of nitrogens with one attached hydrogen (secondary N) is 1. The van der Waals surface area contributed by atoms with Crippen molar-refractivity contribution in [2.24, 2.45) is 0 Å². The monoisotopic (exact) mass is 476 g/mol. The Morgan fingerprint density at radius 2 is 2.09 bits per heavy atom. The van der Waals surface area contributed by atoms with Crippen LogP contribution in [0.5, 0.6) is 0 Å². The van der Waals surface area contributed by atoms with Crippen molar-refractivity contribution in [1.29, 1.82) is 0 Å². The van der Waals surface area contributed by atoms with Gasteiger partial charge in [-0.05, 0) is 36.8 Å². The number of hydrogen-bond donors (Lipinski definition) is 2. The number of rotatable bonds is 5. The maximum atomic E-state index is 14.8. The van der Waals surface area contributed by atoms with Crippen molar-refractivity contribution >= 4 is 17.6 Å². The predicted octanol–water partition coefficient (Wildman–Crippen LogP) is 3.67. The topological polar surface area (TPSA) is 96.2 Å². The molecular weight excluding hydrogens is 453 g/mol. The molecule has 0 spiro atoms. The van der Waals surface area contributed by atoms with Gasteiger partial charge in [0, 0.05) is 37.3 Å². The van der Waals surface area contributed by atoms with Crippen LogP contribution in [0.4, 0.5) is 18.0 Å². The molecule has 0 aliphatic carbocycles. The van der Waals surface area contributed by atoms with Crippen molar-refractivity contribution in [2.45, 2.75) is 25.9 Å². The smallest absolute Gasteiger partial charge is 0.407 e. The predicted molar refractivity (Wildman–Crippen MR) is 117 cm³/mol. The SMILES string of the molecule is CNC(=O)c1cc(C)c(-c2nc3cc(C(F)F)ccn3c2C[C@H]2CN(C(=O)O)CCO2)cc1F. The molecule has 180 valence electrons. The highest BCUT2D eigenvalue weighted by atomic mass is 19.3. The lowest BCUT2D eigenvalue weighted by atomic mass is 9.98. The molecule has 3 aromatic rings. The summed E-state index contributed by atoms with van der Waals surface area (Å²) in [6.45, 7) is 2.28. The minimum Gasteiger partial charge on any atom is -0.465 e. The number of fused-ring (bicyclic) bond motifs is 1. The summed E-state index contributed by atoms with van der Waals surface area (Å²) in [7, 11) is 1.40. The number of nitrogens with zero attached hydrogens (tertiary/aromatic N) is 3. The Labute approximate surface area is 193 Å². The van der Waals surface area contributed by atoms with Gasteiger partial charge in [0.25, 0.3) is 12.3 Å². The normalized spacial score (nSPS) is 16.3. The summed E-state index contributed by atoms with van der Waals surface area (Å²) < 4.78 is 48.8. The number of aromatic nitrogens is 2. The van der Waals surface area contributed by atoms with E-state index in [1.165, 1.54) is 42.4 Å². The highest BCUT2D eigenvalue weighted by molar-refractivity contribution is 5.95. The van der Waals surface area contributed by atoms with Crippen LogP contribution < -0.4 is 5.32 Å². The Hall–Kier alpha value is -3.60. The van der Waals surface area contributed by atoms with E-state index in [2.05, 4.69) is 10.3 Å². The number of pyridine rings is 1. The highest BCUT2D eigenvalue weighted by Gasteiger charge is 2.28. The molecule has 3 heterocycles. The van der Waals surface area contributed by atoms with Gasteiger partial charge in [0.2, 0.25) is 0 Å². The van der Waals surface area contributed by atoms with Crippen molar-refractivity contribution in [1.82, 2.24) is 19.6 Å². The molecule has 1 fully saturated rings. The highest BCUT2D eigenvalue weighted by Crippen LogP contribution is 2.32. The maximum Gasteiger partial charge on any atom is 0.407 e. The minimum absolute atomic E-state index is 0.123. The summed E-state index contributed by atoms with van der Waals surface area (Å²) in [5.74, 6) is -1.32. The van der Waals surface area contributed by atoms with Crippen molar-refractivity contribution < 1.29 is 32.6 Å². The quantitative estimate of drug-likeness (QED) is 0.586. The second kappa shape index (κ2) is 9.34. The van der Waals surface area contributed by atoms with Gasteiger partial charge in [-0.25, -0.2) is 22.9 Å². The molecule has 34 heavy (non-hydrogen) atoms. The number of alkyl halides is 2. The fraction of sp³-hybridized carbons (Fsp3) is 0.348. The number of imidazole rings is 1. The van der Waals surface area contributed by atoms with Gasteiger partial charge in [0.15, 0.2) is 0 Å². The molecule has 1 saturated heterocycles. The first-order valence-corrected chi connectivity index (χ1v) is 10.6. The zero-order valence-corrected chi connectivity index (χ0v) is 18.5. The van der Waals surface area contributed by atoms with Crippen LogP contribution in [0.1, 0.15) is 33.6 Å². The summed E-state index contributed by atoms with van der Waals surface area (Å²) in [5, 5.41) is 11.7. The number of hydrogen-bond acceptors (Lipinski definition) is 4. The maximum absolute atomic E-state index is 14.8. The van der Waals surface area contributed by atoms with Crippen LogP contribution in [0.25, 0.3) is 16.9 Å². The Morgan fingerprint density at radius 1 is 1.32 bits per heavy atom. The number of morpholine rings is 1. The van der Waals surface area contributed by atoms with Crippen molar-refractivity contribution in [3.63, 3.8) is 0 Å². The molecule has 1 aliphatic rings. The number of aryl methyl sites for hydroxylation is 1. The van der Waals surface area contributed by atoms with Crippen LogP contribution in [0.3, 0.4) is 0 Å². The molecule has 0 bridgehead atoms. The molecule has 1 atom stereocenters. The second-order valence-electron chi connectivity index (χ2n) is 8.05. The third-order valence-corrected chi connectivity index (χ3v) is 5.87. The number of carbonyl (C=O) groups is 2. The first-order chi connectivity index (χ1) is 16.2. The molecule has 2 amide bonds. The van der Waals surface area contributed by atoms with Crippen molar-refractivity contribution in [3.05, 3.63) is 58.7 Å². The fourth-order valence-electron chi connectivity index (χ4n) is 4.14. The molecule has 8 nitrogen and oxygen atoms in total. The third-order valence-electron chi connectivity index (χ3n) is 5.87. The van der Waals surface area contributed by atoms with Gasteiger partial charge >= 0.3 is 6.09 Å². The van der Waals surface area contributed by atoms with Gasteiger partial charge in [-0.3, -0.25) is 4.79 Å². The molecule has 1 aromatic carbocycles. The van der Waals surface area contributed by atoms with E-state index in [9.17, 15) is 27.9 Å². The van der Waals surface area contributed by atoms with Crippen LogP contribution in [0, 0.1) is 12.7 Å². The second-order valence-corrected chi connectivity index (χ2v) is 8.05. The number of carboxylic acid groups (broad SMARTS) is 1. The first-order valence-electron chi connectivity index (χ1n) is 10.6. The molecule has 1 aliphatic heterocycles. The van der Waals surface area contributed by atoms with Crippen LogP contribution >= 0.6 is 0 Å². The zero-order chi connectivity index (χ0) is 24.6. The summed E-state index contributed by atoms with van der Waals surface area (Å²) in [5.41, 5.74) is 1.78. The summed E-state index contributed by atoms with van der Waals surface area (Å²) in [4.78, 5) is 29.2. The minimum atomic E-state index is -2.69. The molecule has 0 saturated carbocycles. The summed E-state index contributed by atoms with van der Waals surface area (Å²) in [6.07, 6.45) is -2.58. The van der Waals surface area contributed by atoms with Gasteiger partial charge in [-0.1, -0.05) is 0 Å². The van der Waals surface area contributed by atoms with E-state index >= 15 is 0 Å².